The van der Waals surface area contributed by atoms with E-state index in [1.54, 1.807) is 17.1 Å². The van der Waals surface area contributed by atoms with E-state index in [1.807, 2.05) is 24.3 Å². The minimum Gasteiger partial charge on any atom is -0.299 e. The van der Waals surface area contributed by atoms with E-state index in [2.05, 4.69) is 15.9 Å². The molecule has 2 heteroatoms. The van der Waals surface area contributed by atoms with Gasteiger partial charge >= 0.3 is 0 Å². The van der Waals surface area contributed by atoms with Gasteiger partial charge in [0.15, 0.2) is 0 Å². The van der Waals surface area contributed by atoms with Crippen LogP contribution in [0, 0.1) is 0 Å². The first-order valence-corrected chi connectivity index (χ1v) is 4.04. The molecule has 0 unspecified atom stereocenters. The lowest BCUT2D eigenvalue weighted by atomic mass is 10.4. The summed E-state index contributed by atoms with van der Waals surface area (Å²) in [6.45, 7) is 0. The van der Waals surface area contributed by atoms with E-state index in [1.165, 1.54) is 6.08 Å². The largest absolute Gasteiger partial charge is 0.299 e. The Morgan fingerprint density at radius 3 is 1.64 bits per heavy atom. The lowest BCUT2D eigenvalue weighted by molar-refractivity contribution is -0.104. The number of hydrogen-bond acceptors (Lipinski definition) is 1. The molecule has 0 atom stereocenters. The second-order valence-corrected chi connectivity index (χ2v) is 2.14. The predicted molar refractivity (Wildman–Crippen MR) is 51.6 cm³/mol. The Morgan fingerprint density at radius 2 is 1.18 bits per heavy atom. The summed E-state index contributed by atoms with van der Waals surface area (Å²) in [6.07, 6.45) is 13.1. The molecular formula is C9H9BrO. The number of halogens is 1. The zero-order valence-electron chi connectivity index (χ0n) is 5.98. The standard InChI is InChI=1S/C9H9BrO/c10-8-6-4-2-1-3-5-7-9-11/h1-9H/b3-1+,4-2+,7-5+,8-6+. The van der Waals surface area contributed by atoms with Crippen LogP contribution in [0.5, 0.6) is 0 Å². The van der Waals surface area contributed by atoms with Crippen molar-refractivity contribution in [2.24, 2.45) is 0 Å². The summed E-state index contributed by atoms with van der Waals surface area (Å²) in [7, 11) is 0. The van der Waals surface area contributed by atoms with Crippen LogP contribution in [0.15, 0.2) is 47.5 Å². The van der Waals surface area contributed by atoms with Gasteiger partial charge in [-0.3, -0.25) is 4.79 Å². The summed E-state index contributed by atoms with van der Waals surface area (Å²) >= 11 is 3.13. The Balaban J connectivity index is 3.59. The van der Waals surface area contributed by atoms with E-state index in [9.17, 15) is 4.79 Å². The van der Waals surface area contributed by atoms with Gasteiger partial charge in [-0.25, -0.2) is 0 Å². The normalized spacial score (nSPS) is 12.8. The Hall–Kier alpha value is -0.890. The smallest absolute Gasteiger partial charge is 0.142 e. The quantitative estimate of drug-likeness (QED) is 0.398. The summed E-state index contributed by atoms with van der Waals surface area (Å²) < 4.78 is 0. The molecule has 0 aliphatic rings. The van der Waals surface area contributed by atoms with Gasteiger partial charge in [0.05, 0.1) is 0 Å². The monoisotopic (exact) mass is 212 g/mol. The Kier molecular flexibility index (Phi) is 8.37. The number of aldehydes is 1. The van der Waals surface area contributed by atoms with Crippen LogP contribution in [0.2, 0.25) is 0 Å². The lowest BCUT2D eigenvalue weighted by Crippen LogP contribution is -1.55. The molecule has 58 valence electrons. The van der Waals surface area contributed by atoms with Crippen molar-refractivity contribution in [1.29, 1.82) is 0 Å². The summed E-state index contributed by atoms with van der Waals surface area (Å²) in [6, 6.07) is 0. The maximum Gasteiger partial charge on any atom is 0.142 e. The lowest BCUT2D eigenvalue weighted by Gasteiger charge is -1.70. The fraction of sp³-hybridized carbons (Fsp3) is 0. The second-order valence-electron chi connectivity index (χ2n) is 1.61. The van der Waals surface area contributed by atoms with E-state index >= 15 is 0 Å². The maximum absolute atomic E-state index is 9.78. The van der Waals surface area contributed by atoms with Crippen molar-refractivity contribution in [2.45, 2.75) is 0 Å². The topological polar surface area (TPSA) is 17.1 Å². The molecule has 0 amide bonds. The number of hydrogen-bond donors (Lipinski definition) is 0. The van der Waals surface area contributed by atoms with Gasteiger partial charge in [0, 0.05) is 0 Å². The number of carbonyl (C=O) groups excluding carboxylic acids is 1. The highest BCUT2D eigenvalue weighted by Crippen LogP contribution is 1.85. The van der Waals surface area contributed by atoms with Gasteiger partial charge in [-0.05, 0) is 11.1 Å². The van der Waals surface area contributed by atoms with Gasteiger partial charge < -0.3 is 0 Å². The minimum absolute atomic E-state index is 0.742. The molecule has 0 heterocycles. The number of carbonyl (C=O) groups is 1. The average Bonchev–Trinajstić information content (AvgIpc) is 2.03. The second kappa shape index (κ2) is 9.11. The molecule has 0 aliphatic heterocycles. The third-order valence-electron chi connectivity index (χ3n) is 0.818. The molecule has 0 aromatic heterocycles. The van der Waals surface area contributed by atoms with Crippen LogP contribution in [-0.2, 0) is 4.79 Å². The van der Waals surface area contributed by atoms with Gasteiger partial charge in [-0.15, -0.1) is 0 Å². The molecule has 0 radical (unpaired) electrons. The van der Waals surface area contributed by atoms with Gasteiger partial charge in [0.2, 0.25) is 0 Å². The average molecular weight is 213 g/mol. The van der Waals surface area contributed by atoms with Gasteiger partial charge in [0.25, 0.3) is 0 Å². The molecule has 0 aliphatic carbocycles. The molecule has 0 bridgehead atoms. The van der Waals surface area contributed by atoms with E-state index in [0.717, 1.165) is 6.29 Å². The van der Waals surface area contributed by atoms with Crippen molar-refractivity contribution in [3.63, 3.8) is 0 Å². The summed E-state index contributed by atoms with van der Waals surface area (Å²) in [5, 5.41) is 0. The van der Waals surface area contributed by atoms with Gasteiger partial charge in [-0.2, -0.15) is 0 Å². The highest BCUT2D eigenvalue weighted by molar-refractivity contribution is 9.11. The van der Waals surface area contributed by atoms with Crippen molar-refractivity contribution in [2.75, 3.05) is 0 Å². The molecule has 0 aromatic carbocycles. The van der Waals surface area contributed by atoms with Crippen LogP contribution in [0.3, 0.4) is 0 Å². The van der Waals surface area contributed by atoms with Crippen LogP contribution < -0.4 is 0 Å². The summed E-state index contributed by atoms with van der Waals surface area (Å²) in [4.78, 5) is 11.5. The zero-order valence-corrected chi connectivity index (χ0v) is 7.57. The molecule has 0 fully saturated rings. The molecule has 0 spiro atoms. The van der Waals surface area contributed by atoms with E-state index in [0.29, 0.717) is 0 Å². The minimum atomic E-state index is 0.742. The van der Waals surface area contributed by atoms with Crippen molar-refractivity contribution >= 4 is 22.2 Å². The fourth-order valence-corrected chi connectivity index (χ4v) is 0.584. The van der Waals surface area contributed by atoms with Crippen molar-refractivity contribution < 1.29 is 4.79 Å². The molecular weight excluding hydrogens is 204 g/mol. The summed E-state index contributed by atoms with van der Waals surface area (Å²) in [5.74, 6) is 0. The van der Waals surface area contributed by atoms with Crippen LogP contribution in [0.4, 0.5) is 0 Å². The summed E-state index contributed by atoms with van der Waals surface area (Å²) in [5.41, 5.74) is 0. The first-order valence-electron chi connectivity index (χ1n) is 3.12. The molecule has 0 N–H and O–H groups in total. The molecule has 0 rings (SSSR count). The van der Waals surface area contributed by atoms with Crippen molar-refractivity contribution in [3.8, 4) is 0 Å². The Labute approximate surface area is 74.9 Å². The van der Waals surface area contributed by atoms with E-state index in [4.69, 9.17) is 0 Å². The highest BCUT2D eigenvalue weighted by atomic mass is 79.9. The Morgan fingerprint density at radius 1 is 0.727 bits per heavy atom. The highest BCUT2D eigenvalue weighted by Gasteiger charge is 1.61. The maximum atomic E-state index is 9.78. The molecule has 11 heavy (non-hydrogen) atoms. The van der Waals surface area contributed by atoms with E-state index < -0.39 is 0 Å². The first kappa shape index (κ1) is 10.1. The third-order valence-corrected chi connectivity index (χ3v) is 1.12. The van der Waals surface area contributed by atoms with Crippen molar-refractivity contribution in [1.82, 2.24) is 0 Å². The molecule has 1 nitrogen and oxygen atoms in total. The van der Waals surface area contributed by atoms with Crippen LogP contribution in [0.25, 0.3) is 0 Å². The van der Waals surface area contributed by atoms with E-state index in [-0.39, 0.29) is 0 Å². The Bertz CT molecular complexity index is 200. The first-order chi connectivity index (χ1) is 5.41. The number of rotatable bonds is 4. The molecule has 0 saturated carbocycles. The SMILES string of the molecule is O=C/C=C/C=C/C=C/C=C/Br. The molecule has 0 aromatic rings. The molecule has 0 saturated heterocycles. The van der Waals surface area contributed by atoms with Crippen LogP contribution >= 0.6 is 15.9 Å². The third kappa shape index (κ3) is 9.11. The van der Waals surface area contributed by atoms with Gasteiger partial charge in [0.1, 0.15) is 6.29 Å². The van der Waals surface area contributed by atoms with Crippen LogP contribution in [-0.4, -0.2) is 6.29 Å². The zero-order chi connectivity index (χ0) is 8.36. The van der Waals surface area contributed by atoms with Crippen LogP contribution in [0.1, 0.15) is 0 Å². The predicted octanol–water partition coefficient (Wildman–Crippen LogP) is 2.76. The van der Waals surface area contributed by atoms with Crippen molar-refractivity contribution in [3.05, 3.63) is 47.5 Å². The fourth-order valence-electron chi connectivity index (χ4n) is 0.408. The number of allylic oxidation sites excluding steroid dienone is 7. The van der Waals surface area contributed by atoms with Gasteiger partial charge in [-0.1, -0.05) is 52.4 Å².